The van der Waals surface area contributed by atoms with Gasteiger partial charge in [0, 0.05) is 54.9 Å². The quantitative estimate of drug-likeness (QED) is 0.213. The van der Waals surface area contributed by atoms with Gasteiger partial charge in [-0.15, -0.1) is 0 Å². The van der Waals surface area contributed by atoms with Crippen LogP contribution in [0.5, 0.6) is 23.0 Å². The van der Waals surface area contributed by atoms with Gasteiger partial charge in [-0.2, -0.15) is 0 Å². The minimum atomic E-state index is -0.835. The largest absolute Gasteiger partial charge is 0.493 e. The number of nitrogens with two attached hydrogens (primary N) is 1. The van der Waals surface area contributed by atoms with Crippen molar-refractivity contribution >= 4 is 29.5 Å². The van der Waals surface area contributed by atoms with Crippen LogP contribution in [0.15, 0.2) is 76.7 Å². The number of aliphatic hydroxyl groups excluding tert-OH is 1. The number of aliphatic imine (C=N–C) groups is 2. The van der Waals surface area contributed by atoms with Gasteiger partial charge in [-0.05, 0) is 84.0 Å². The van der Waals surface area contributed by atoms with Crippen molar-refractivity contribution in [1.29, 1.82) is 0 Å². The summed E-state index contributed by atoms with van der Waals surface area (Å²) in [5.74, 6) is 2.38. The standard InChI is InChI=1S/C39H41N5O5/c1-46-35-14-28-20-43-9-5-8-30(43)18-41-33(28)16-37(35)48-22-24-10-25(12-29(40)11-24)23-49-38-17-34-32(15-36(38)47-2)39(45)44-21-27-7-4-3-6-26(27)13-31(44)19-42-34/h3-4,6-7,10-12,14-19,30-31,39,45H,5,8-9,13,20-23,40H2,1-2H3. The number of fused-ring (bicyclic) bond motifs is 5. The second kappa shape index (κ2) is 13.2. The van der Waals surface area contributed by atoms with E-state index in [1.54, 1.807) is 14.2 Å². The highest BCUT2D eigenvalue weighted by Gasteiger charge is 2.34. The molecule has 4 aliphatic heterocycles. The van der Waals surface area contributed by atoms with Crippen molar-refractivity contribution in [2.24, 2.45) is 9.98 Å². The normalized spacial score (nSPS) is 21.0. The van der Waals surface area contributed by atoms with Crippen LogP contribution >= 0.6 is 0 Å². The minimum absolute atomic E-state index is 0.0169. The molecule has 0 aromatic heterocycles. The van der Waals surface area contributed by atoms with Gasteiger partial charge in [0.05, 0.1) is 31.6 Å². The fourth-order valence-electron chi connectivity index (χ4n) is 7.47. The average molecular weight is 660 g/mol. The molecule has 8 rings (SSSR count). The Morgan fingerprint density at radius 1 is 0.755 bits per heavy atom. The number of hydrogen-bond donors (Lipinski definition) is 2. The maximum atomic E-state index is 11.5. The molecule has 3 unspecified atom stereocenters. The molecule has 4 aromatic carbocycles. The first-order chi connectivity index (χ1) is 23.9. The summed E-state index contributed by atoms with van der Waals surface area (Å²) in [7, 11) is 3.26. The number of anilines is 1. The van der Waals surface area contributed by atoms with Gasteiger partial charge in [0.1, 0.15) is 19.4 Å². The maximum Gasteiger partial charge on any atom is 0.163 e. The topological polar surface area (TPSA) is 114 Å². The number of benzene rings is 4. The smallest absolute Gasteiger partial charge is 0.163 e. The number of rotatable bonds is 8. The Kier molecular flexibility index (Phi) is 8.45. The zero-order valence-electron chi connectivity index (χ0n) is 27.8. The molecular weight excluding hydrogens is 618 g/mol. The molecule has 10 heteroatoms. The number of nitrogens with zero attached hydrogens (tertiary/aromatic N) is 4. The predicted molar refractivity (Wildman–Crippen MR) is 190 cm³/mol. The fraction of sp³-hybridized carbons (Fsp3) is 0.333. The minimum Gasteiger partial charge on any atom is -0.493 e. The van der Waals surface area contributed by atoms with Crippen molar-refractivity contribution in [1.82, 2.24) is 9.80 Å². The lowest BCUT2D eigenvalue weighted by atomic mass is 9.94. The highest BCUT2D eigenvalue weighted by atomic mass is 16.5. The molecule has 0 bridgehead atoms. The number of ether oxygens (including phenoxy) is 4. The monoisotopic (exact) mass is 659 g/mol. The van der Waals surface area contributed by atoms with E-state index in [0.29, 0.717) is 59.1 Å². The molecule has 1 fully saturated rings. The second-order valence-corrected chi connectivity index (χ2v) is 13.2. The summed E-state index contributed by atoms with van der Waals surface area (Å²) < 4.78 is 24.1. The third-order valence-electron chi connectivity index (χ3n) is 10.0. The zero-order valence-corrected chi connectivity index (χ0v) is 27.8. The molecule has 4 aliphatic rings. The lowest BCUT2D eigenvalue weighted by Gasteiger charge is -2.37. The zero-order chi connectivity index (χ0) is 33.5. The van der Waals surface area contributed by atoms with Gasteiger partial charge in [-0.25, -0.2) is 0 Å². The third kappa shape index (κ3) is 6.23. The van der Waals surface area contributed by atoms with Crippen LogP contribution in [0.1, 0.15) is 52.5 Å². The molecule has 252 valence electrons. The van der Waals surface area contributed by atoms with E-state index in [-0.39, 0.29) is 12.6 Å². The van der Waals surface area contributed by atoms with E-state index in [1.807, 2.05) is 54.7 Å². The van der Waals surface area contributed by atoms with E-state index in [2.05, 4.69) is 34.2 Å². The molecule has 3 atom stereocenters. The van der Waals surface area contributed by atoms with Crippen LogP contribution in [0.4, 0.5) is 17.1 Å². The summed E-state index contributed by atoms with van der Waals surface area (Å²) in [6, 6.07) is 22.2. The van der Waals surface area contributed by atoms with Gasteiger partial charge >= 0.3 is 0 Å². The molecule has 4 heterocycles. The molecule has 0 aliphatic carbocycles. The van der Waals surface area contributed by atoms with E-state index < -0.39 is 6.23 Å². The molecule has 1 saturated heterocycles. The Morgan fingerprint density at radius 3 is 2.18 bits per heavy atom. The van der Waals surface area contributed by atoms with Gasteiger partial charge < -0.3 is 29.8 Å². The first-order valence-electron chi connectivity index (χ1n) is 16.9. The number of hydrogen-bond acceptors (Lipinski definition) is 10. The Balaban J connectivity index is 0.982. The van der Waals surface area contributed by atoms with Gasteiger partial charge in [-0.3, -0.25) is 19.8 Å². The Morgan fingerprint density at radius 2 is 1.43 bits per heavy atom. The predicted octanol–water partition coefficient (Wildman–Crippen LogP) is 6.26. The molecule has 0 radical (unpaired) electrons. The Hall–Kier alpha value is -4.90. The van der Waals surface area contributed by atoms with E-state index in [4.69, 9.17) is 34.7 Å². The van der Waals surface area contributed by atoms with Crippen molar-refractivity contribution in [3.63, 3.8) is 0 Å². The number of nitrogen functional groups attached to an aromatic ring is 1. The van der Waals surface area contributed by atoms with Crippen molar-refractivity contribution < 1.29 is 24.1 Å². The molecule has 49 heavy (non-hydrogen) atoms. The van der Waals surface area contributed by atoms with Crippen LogP contribution < -0.4 is 24.7 Å². The van der Waals surface area contributed by atoms with Crippen LogP contribution in [-0.2, 0) is 32.7 Å². The van der Waals surface area contributed by atoms with Crippen LogP contribution in [0.25, 0.3) is 0 Å². The van der Waals surface area contributed by atoms with Crippen molar-refractivity contribution in [3.8, 4) is 23.0 Å². The molecule has 10 nitrogen and oxygen atoms in total. The lowest BCUT2D eigenvalue weighted by Crippen LogP contribution is -2.42. The first kappa shape index (κ1) is 31.4. The Labute approximate surface area is 286 Å². The van der Waals surface area contributed by atoms with Gasteiger partial charge in [-0.1, -0.05) is 24.3 Å². The first-order valence-corrected chi connectivity index (χ1v) is 16.9. The summed E-state index contributed by atoms with van der Waals surface area (Å²) >= 11 is 0. The molecule has 0 amide bonds. The van der Waals surface area contributed by atoms with Crippen LogP contribution in [0, 0.1) is 0 Å². The average Bonchev–Trinajstić information content (AvgIpc) is 3.43. The van der Waals surface area contributed by atoms with Crippen LogP contribution in [-0.4, -0.2) is 60.2 Å². The number of aliphatic hydroxyl groups is 1. The van der Waals surface area contributed by atoms with E-state index >= 15 is 0 Å². The van der Waals surface area contributed by atoms with Crippen molar-refractivity contribution in [2.75, 3.05) is 26.5 Å². The summed E-state index contributed by atoms with van der Waals surface area (Å²) in [6.07, 6.45) is 6.30. The van der Waals surface area contributed by atoms with Crippen molar-refractivity contribution in [2.45, 2.75) is 63.9 Å². The summed E-state index contributed by atoms with van der Waals surface area (Å²) in [5.41, 5.74) is 14.6. The fourth-order valence-corrected chi connectivity index (χ4v) is 7.47. The van der Waals surface area contributed by atoms with E-state index in [1.165, 1.54) is 17.5 Å². The van der Waals surface area contributed by atoms with E-state index in [0.717, 1.165) is 48.3 Å². The van der Waals surface area contributed by atoms with E-state index in [9.17, 15) is 5.11 Å². The summed E-state index contributed by atoms with van der Waals surface area (Å²) in [4.78, 5) is 14.2. The van der Waals surface area contributed by atoms with Crippen LogP contribution in [0.3, 0.4) is 0 Å². The SMILES string of the molecule is COc1cc2c(cc1OCc1cc(N)cc(COc3cc4c(cc3OC)C(O)N3Cc5ccccc5CC3C=N4)c1)N=CC1CCCN1C2. The Bertz CT molecular complexity index is 1940. The number of methoxy groups -OCH3 is 2. The second-order valence-electron chi connectivity index (χ2n) is 13.2. The highest BCUT2D eigenvalue weighted by molar-refractivity contribution is 5.74. The molecule has 0 saturated carbocycles. The molecular formula is C39H41N5O5. The third-order valence-corrected chi connectivity index (χ3v) is 10.0. The summed E-state index contributed by atoms with van der Waals surface area (Å²) in [5, 5.41) is 11.5. The maximum absolute atomic E-state index is 11.5. The molecule has 3 N–H and O–H groups in total. The van der Waals surface area contributed by atoms with Crippen molar-refractivity contribution in [3.05, 3.63) is 100 Å². The van der Waals surface area contributed by atoms with Crippen LogP contribution in [0.2, 0.25) is 0 Å². The molecule has 0 spiro atoms. The summed E-state index contributed by atoms with van der Waals surface area (Å²) in [6.45, 7) is 3.12. The molecule has 4 aromatic rings. The van der Waals surface area contributed by atoms with Gasteiger partial charge in [0.2, 0.25) is 0 Å². The van der Waals surface area contributed by atoms with Gasteiger partial charge in [0.15, 0.2) is 23.0 Å². The lowest BCUT2D eigenvalue weighted by molar-refractivity contribution is -0.0197. The van der Waals surface area contributed by atoms with Gasteiger partial charge in [0.25, 0.3) is 0 Å². The highest BCUT2D eigenvalue weighted by Crippen LogP contribution is 2.43.